The maximum absolute atomic E-state index is 13.4. The number of amides is 1. The van der Waals surface area contributed by atoms with Crippen LogP contribution in [-0.2, 0) is 11.2 Å². The summed E-state index contributed by atoms with van der Waals surface area (Å²) in [5.41, 5.74) is 0.363. The van der Waals surface area contributed by atoms with Crippen LogP contribution in [0.15, 0.2) is 38.4 Å². The summed E-state index contributed by atoms with van der Waals surface area (Å²) in [6.45, 7) is 2.69. The summed E-state index contributed by atoms with van der Waals surface area (Å²) in [5, 5.41) is 3.95. The van der Waals surface area contributed by atoms with Crippen molar-refractivity contribution < 1.29 is 13.7 Å². The third-order valence-electron chi connectivity index (χ3n) is 5.49. The van der Waals surface area contributed by atoms with Crippen LogP contribution in [0.3, 0.4) is 0 Å². The first-order valence-electron chi connectivity index (χ1n) is 10.1. The van der Waals surface area contributed by atoms with Gasteiger partial charge in [0.1, 0.15) is 5.82 Å². The fourth-order valence-corrected chi connectivity index (χ4v) is 3.87. The number of nitrogens with one attached hydrogen (secondary N) is 2. The van der Waals surface area contributed by atoms with Crippen molar-refractivity contribution in [3.05, 3.63) is 68.1 Å². The number of rotatable bonds is 5. The molecule has 162 valence electrons. The Hall–Kier alpha value is -3.56. The van der Waals surface area contributed by atoms with Crippen LogP contribution >= 0.6 is 0 Å². The standard InChI is InChI=1S/C21H22FN5O4/c1-12-16(19(29)25-21(30)23-12)7-8-17(28)27-9-3-5-14(11-27)20-24-18(26-31-20)13-4-2-6-15(22)10-13/h2,4,6,10,14H,3,5,7-9,11H2,1H3,(H2,23,25,29,30). The van der Waals surface area contributed by atoms with Crippen molar-refractivity contribution >= 4 is 5.91 Å². The monoisotopic (exact) mass is 427 g/mol. The predicted molar refractivity (Wildman–Crippen MR) is 109 cm³/mol. The number of piperidine rings is 1. The fraction of sp³-hybridized carbons (Fsp3) is 0.381. The van der Waals surface area contributed by atoms with Crippen molar-refractivity contribution in [2.75, 3.05) is 13.1 Å². The molecular weight excluding hydrogens is 405 g/mol. The third kappa shape index (κ3) is 4.62. The Balaban J connectivity index is 1.41. The van der Waals surface area contributed by atoms with E-state index >= 15 is 0 Å². The van der Waals surface area contributed by atoms with Crippen LogP contribution in [0.1, 0.15) is 42.3 Å². The number of nitrogens with zero attached hydrogens (tertiary/aromatic N) is 3. The van der Waals surface area contributed by atoms with E-state index in [1.807, 2.05) is 0 Å². The second kappa shape index (κ2) is 8.66. The summed E-state index contributed by atoms with van der Waals surface area (Å²) in [5.74, 6) is 0.163. The summed E-state index contributed by atoms with van der Waals surface area (Å²) >= 11 is 0. The number of benzene rings is 1. The van der Waals surface area contributed by atoms with E-state index < -0.39 is 11.2 Å². The lowest BCUT2D eigenvalue weighted by Gasteiger charge is -2.31. The summed E-state index contributed by atoms with van der Waals surface area (Å²) in [6.07, 6.45) is 1.98. The molecule has 2 N–H and O–H groups in total. The molecule has 3 aromatic rings. The van der Waals surface area contributed by atoms with Crippen LogP contribution in [-0.4, -0.2) is 44.0 Å². The number of carbonyl (C=O) groups is 1. The van der Waals surface area contributed by atoms with E-state index in [9.17, 15) is 18.8 Å². The van der Waals surface area contributed by atoms with Crippen molar-refractivity contribution in [3.63, 3.8) is 0 Å². The molecule has 4 rings (SSSR count). The molecule has 0 spiro atoms. The Morgan fingerprint density at radius 1 is 1.32 bits per heavy atom. The molecule has 1 aliphatic heterocycles. The van der Waals surface area contributed by atoms with Crippen LogP contribution in [0.2, 0.25) is 0 Å². The maximum Gasteiger partial charge on any atom is 0.325 e. The van der Waals surface area contributed by atoms with Gasteiger partial charge in [0, 0.05) is 36.3 Å². The van der Waals surface area contributed by atoms with E-state index in [1.54, 1.807) is 24.0 Å². The number of carbonyl (C=O) groups excluding carboxylic acids is 1. The van der Waals surface area contributed by atoms with Gasteiger partial charge in [-0.2, -0.15) is 4.98 Å². The normalized spacial score (nSPS) is 16.5. The van der Waals surface area contributed by atoms with E-state index in [0.717, 1.165) is 12.8 Å². The van der Waals surface area contributed by atoms with Gasteiger partial charge < -0.3 is 14.4 Å². The molecule has 0 bridgehead atoms. The summed E-state index contributed by atoms with van der Waals surface area (Å²) in [4.78, 5) is 46.9. The zero-order valence-electron chi connectivity index (χ0n) is 17.0. The molecule has 1 atom stereocenters. The van der Waals surface area contributed by atoms with Gasteiger partial charge >= 0.3 is 5.69 Å². The molecule has 1 saturated heterocycles. The molecule has 1 aliphatic rings. The summed E-state index contributed by atoms with van der Waals surface area (Å²) in [6, 6.07) is 5.97. The molecule has 1 amide bonds. The highest BCUT2D eigenvalue weighted by atomic mass is 19.1. The molecule has 0 radical (unpaired) electrons. The van der Waals surface area contributed by atoms with Gasteiger partial charge in [0.25, 0.3) is 5.56 Å². The second-order valence-electron chi connectivity index (χ2n) is 7.66. The molecule has 1 unspecified atom stereocenters. The lowest BCUT2D eigenvalue weighted by Crippen LogP contribution is -2.39. The van der Waals surface area contributed by atoms with E-state index in [1.165, 1.54) is 12.1 Å². The molecule has 0 saturated carbocycles. The molecular formula is C21H22FN5O4. The van der Waals surface area contributed by atoms with E-state index in [0.29, 0.717) is 41.6 Å². The number of halogens is 1. The first-order chi connectivity index (χ1) is 14.9. The Morgan fingerprint density at radius 2 is 2.16 bits per heavy atom. The fourth-order valence-electron chi connectivity index (χ4n) is 3.87. The zero-order valence-corrected chi connectivity index (χ0v) is 17.0. The molecule has 1 fully saturated rings. The lowest BCUT2D eigenvalue weighted by molar-refractivity contribution is -0.132. The lowest BCUT2D eigenvalue weighted by atomic mass is 9.97. The molecule has 3 heterocycles. The predicted octanol–water partition coefficient (Wildman–Crippen LogP) is 1.90. The minimum absolute atomic E-state index is 0.0837. The van der Waals surface area contributed by atoms with Crippen LogP contribution in [0.25, 0.3) is 11.4 Å². The van der Waals surface area contributed by atoms with E-state index in [-0.39, 0.29) is 30.5 Å². The van der Waals surface area contributed by atoms with Gasteiger partial charge in [0.15, 0.2) is 0 Å². The quantitative estimate of drug-likeness (QED) is 0.641. The third-order valence-corrected chi connectivity index (χ3v) is 5.49. The Labute approximate surface area is 176 Å². The molecule has 2 aromatic heterocycles. The van der Waals surface area contributed by atoms with Crippen molar-refractivity contribution in [3.8, 4) is 11.4 Å². The smallest absolute Gasteiger partial charge is 0.325 e. The first kappa shape index (κ1) is 20.7. The van der Waals surface area contributed by atoms with Crippen molar-refractivity contribution in [1.82, 2.24) is 25.0 Å². The Kier molecular flexibility index (Phi) is 5.79. The molecule has 9 nitrogen and oxygen atoms in total. The van der Waals surface area contributed by atoms with Crippen molar-refractivity contribution in [1.29, 1.82) is 0 Å². The second-order valence-corrected chi connectivity index (χ2v) is 7.66. The number of H-pyrrole nitrogens is 2. The zero-order chi connectivity index (χ0) is 22.0. The first-order valence-corrected chi connectivity index (χ1v) is 10.1. The Morgan fingerprint density at radius 3 is 2.94 bits per heavy atom. The average molecular weight is 427 g/mol. The number of hydrogen-bond donors (Lipinski definition) is 2. The van der Waals surface area contributed by atoms with Gasteiger partial charge in [0.2, 0.25) is 17.6 Å². The van der Waals surface area contributed by atoms with Crippen molar-refractivity contribution in [2.45, 2.75) is 38.5 Å². The van der Waals surface area contributed by atoms with Gasteiger partial charge in [-0.15, -0.1) is 0 Å². The highest BCUT2D eigenvalue weighted by Gasteiger charge is 2.28. The van der Waals surface area contributed by atoms with Crippen LogP contribution in [0, 0.1) is 12.7 Å². The van der Waals surface area contributed by atoms with E-state index in [4.69, 9.17) is 4.52 Å². The van der Waals surface area contributed by atoms with Crippen LogP contribution < -0.4 is 11.2 Å². The van der Waals surface area contributed by atoms with Gasteiger partial charge in [-0.05, 0) is 38.3 Å². The average Bonchev–Trinajstić information content (AvgIpc) is 3.23. The van der Waals surface area contributed by atoms with Gasteiger partial charge in [0.05, 0.1) is 5.92 Å². The minimum atomic E-state index is -0.561. The molecule has 31 heavy (non-hydrogen) atoms. The van der Waals surface area contributed by atoms with Gasteiger partial charge in [-0.1, -0.05) is 17.3 Å². The SMILES string of the molecule is Cc1[nH]c(=O)[nH]c(=O)c1CCC(=O)N1CCCC(c2nc(-c3cccc(F)c3)no2)C1. The number of likely N-dealkylation sites (tertiary alicyclic amines) is 1. The van der Waals surface area contributed by atoms with Crippen molar-refractivity contribution in [2.24, 2.45) is 0 Å². The largest absolute Gasteiger partial charge is 0.342 e. The van der Waals surface area contributed by atoms with Gasteiger partial charge in [-0.3, -0.25) is 14.6 Å². The number of aromatic amines is 2. The highest BCUT2D eigenvalue weighted by Crippen LogP contribution is 2.28. The van der Waals surface area contributed by atoms with Crippen LogP contribution in [0.5, 0.6) is 0 Å². The highest BCUT2D eigenvalue weighted by molar-refractivity contribution is 5.76. The summed E-state index contributed by atoms with van der Waals surface area (Å²) < 4.78 is 18.8. The van der Waals surface area contributed by atoms with Gasteiger partial charge in [-0.25, -0.2) is 9.18 Å². The Bertz CT molecular complexity index is 1210. The van der Waals surface area contributed by atoms with Crippen LogP contribution in [0.4, 0.5) is 4.39 Å². The number of aromatic nitrogens is 4. The van der Waals surface area contributed by atoms with E-state index in [2.05, 4.69) is 20.1 Å². The minimum Gasteiger partial charge on any atom is -0.342 e. The molecule has 0 aliphatic carbocycles. The molecule has 1 aromatic carbocycles. The number of aryl methyl sites for hydroxylation is 1. The maximum atomic E-state index is 13.4. The number of hydrogen-bond acceptors (Lipinski definition) is 6. The molecule has 10 heteroatoms. The topological polar surface area (TPSA) is 125 Å². The summed E-state index contributed by atoms with van der Waals surface area (Å²) in [7, 11) is 0.